The smallest absolute Gasteiger partial charge is 0.256 e. The quantitative estimate of drug-likeness (QED) is 0.920. The fourth-order valence-corrected chi connectivity index (χ4v) is 1.71. The molecule has 2 aromatic rings. The number of anilines is 1. The molecule has 0 unspecified atom stereocenters. The summed E-state index contributed by atoms with van der Waals surface area (Å²) in [6.07, 6.45) is 1.55. The second kappa shape index (κ2) is 5.89. The van der Waals surface area contributed by atoms with Gasteiger partial charge in [-0.05, 0) is 31.2 Å². The number of hydrogen-bond donors (Lipinski definition) is 1. The van der Waals surface area contributed by atoms with Crippen LogP contribution in [0.2, 0.25) is 0 Å². The molecular formula is C14H14N4O2. The van der Waals surface area contributed by atoms with Crippen molar-refractivity contribution in [2.45, 2.75) is 6.92 Å². The number of rotatable bonds is 4. The lowest BCUT2D eigenvalue weighted by Crippen LogP contribution is -2.13. The van der Waals surface area contributed by atoms with Gasteiger partial charge in [0.2, 0.25) is 0 Å². The molecule has 1 heterocycles. The fraction of sp³-hybridized carbons (Fsp3) is 0.214. The Kier molecular flexibility index (Phi) is 4.01. The largest absolute Gasteiger partial charge is 0.494 e. The minimum atomic E-state index is -0.316. The zero-order valence-electron chi connectivity index (χ0n) is 11.3. The first-order valence-electron chi connectivity index (χ1n) is 6.12. The van der Waals surface area contributed by atoms with Crippen molar-refractivity contribution < 1.29 is 9.53 Å². The summed E-state index contributed by atoms with van der Waals surface area (Å²) in [5.41, 5.74) is 0.801. The van der Waals surface area contributed by atoms with Crippen molar-refractivity contribution in [3.63, 3.8) is 0 Å². The highest BCUT2D eigenvalue weighted by Gasteiger charge is 2.12. The van der Waals surface area contributed by atoms with Gasteiger partial charge in [0, 0.05) is 18.8 Å². The minimum Gasteiger partial charge on any atom is -0.494 e. The summed E-state index contributed by atoms with van der Waals surface area (Å²) in [5, 5.41) is 15.6. The van der Waals surface area contributed by atoms with Crippen molar-refractivity contribution in [3.05, 3.63) is 41.6 Å². The Bertz CT molecular complexity index is 653. The maximum Gasteiger partial charge on any atom is 0.256 e. The van der Waals surface area contributed by atoms with Gasteiger partial charge < -0.3 is 10.1 Å². The molecule has 0 aliphatic carbocycles. The molecule has 0 saturated heterocycles. The summed E-state index contributed by atoms with van der Waals surface area (Å²) < 4.78 is 6.79. The lowest BCUT2D eigenvalue weighted by molar-refractivity contribution is 0.102. The molecule has 6 nitrogen and oxygen atoms in total. The van der Waals surface area contributed by atoms with Gasteiger partial charge in [0.15, 0.2) is 5.82 Å². The number of benzene rings is 1. The van der Waals surface area contributed by atoms with E-state index in [0.717, 1.165) is 0 Å². The number of aromatic nitrogens is 2. The zero-order valence-corrected chi connectivity index (χ0v) is 11.3. The van der Waals surface area contributed by atoms with Crippen molar-refractivity contribution in [3.8, 4) is 11.8 Å². The summed E-state index contributed by atoms with van der Waals surface area (Å²) in [7, 11) is 1.69. The molecule has 0 saturated carbocycles. The molecule has 1 aromatic heterocycles. The number of aryl methyl sites for hydroxylation is 1. The van der Waals surface area contributed by atoms with E-state index in [1.54, 1.807) is 37.5 Å². The molecule has 0 radical (unpaired) electrons. The Morgan fingerprint density at radius 3 is 2.75 bits per heavy atom. The Morgan fingerprint density at radius 2 is 2.15 bits per heavy atom. The predicted octanol–water partition coefficient (Wildman–Crippen LogP) is 1.94. The van der Waals surface area contributed by atoms with Crippen LogP contribution in [0.3, 0.4) is 0 Å². The SMILES string of the molecule is CCOc1ccc(C(=O)Nc2nn(C)cc2C#N)cc1. The molecule has 20 heavy (non-hydrogen) atoms. The van der Waals surface area contributed by atoms with Crippen LogP contribution in [0.4, 0.5) is 5.82 Å². The highest BCUT2D eigenvalue weighted by atomic mass is 16.5. The van der Waals surface area contributed by atoms with Crippen LogP contribution in [0.5, 0.6) is 5.75 Å². The van der Waals surface area contributed by atoms with Crippen molar-refractivity contribution in [1.29, 1.82) is 5.26 Å². The van der Waals surface area contributed by atoms with Crippen LogP contribution in [0.1, 0.15) is 22.8 Å². The summed E-state index contributed by atoms with van der Waals surface area (Å²) in [5.74, 6) is 0.650. The second-order valence-corrected chi connectivity index (χ2v) is 4.09. The molecule has 0 bridgehead atoms. The van der Waals surface area contributed by atoms with E-state index < -0.39 is 0 Å². The Hall–Kier alpha value is -2.81. The average molecular weight is 270 g/mol. The average Bonchev–Trinajstić information content (AvgIpc) is 2.80. The number of carbonyl (C=O) groups excluding carboxylic acids is 1. The standard InChI is InChI=1S/C14H14N4O2/c1-3-20-12-6-4-10(5-7-12)14(19)16-13-11(8-15)9-18(2)17-13/h4-7,9H,3H2,1-2H3,(H,16,17,19). The molecule has 6 heteroatoms. The van der Waals surface area contributed by atoms with Gasteiger partial charge in [0.25, 0.3) is 5.91 Å². The predicted molar refractivity (Wildman–Crippen MR) is 73.5 cm³/mol. The van der Waals surface area contributed by atoms with Gasteiger partial charge in [-0.3, -0.25) is 9.48 Å². The maximum atomic E-state index is 12.1. The van der Waals surface area contributed by atoms with E-state index in [-0.39, 0.29) is 11.7 Å². The van der Waals surface area contributed by atoms with Crippen LogP contribution in [0, 0.1) is 11.3 Å². The number of carbonyl (C=O) groups is 1. The number of nitrogens with one attached hydrogen (secondary N) is 1. The third-order valence-electron chi connectivity index (χ3n) is 2.61. The molecule has 0 spiro atoms. The van der Waals surface area contributed by atoms with Gasteiger partial charge in [0.05, 0.1) is 6.61 Å². The third-order valence-corrected chi connectivity index (χ3v) is 2.61. The van der Waals surface area contributed by atoms with Crippen LogP contribution in [-0.4, -0.2) is 22.3 Å². The van der Waals surface area contributed by atoms with E-state index >= 15 is 0 Å². The molecule has 0 aliphatic rings. The Morgan fingerprint density at radius 1 is 1.45 bits per heavy atom. The number of hydrogen-bond acceptors (Lipinski definition) is 4. The van der Waals surface area contributed by atoms with Crippen LogP contribution >= 0.6 is 0 Å². The van der Waals surface area contributed by atoms with Crippen molar-refractivity contribution in [2.24, 2.45) is 7.05 Å². The summed E-state index contributed by atoms with van der Waals surface area (Å²) in [6, 6.07) is 8.75. The molecule has 0 atom stereocenters. The van der Waals surface area contributed by atoms with E-state index in [4.69, 9.17) is 10.00 Å². The van der Waals surface area contributed by atoms with Crippen molar-refractivity contribution in [1.82, 2.24) is 9.78 Å². The van der Waals surface area contributed by atoms with E-state index in [0.29, 0.717) is 23.5 Å². The highest BCUT2D eigenvalue weighted by molar-refractivity contribution is 6.04. The highest BCUT2D eigenvalue weighted by Crippen LogP contribution is 2.15. The molecule has 1 amide bonds. The van der Waals surface area contributed by atoms with E-state index in [1.165, 1.54) is 4.68 Å². The molecule has 1 N–H and O–H groups in total. The van der Waals surface area contributed by atoms with Crippen LogP contribution in [0.15, 0.2) is 30.5 Å². The summed E-state index contributed by atoms with van der Waals surface area (Å²) in [6.45, 7) is 2.47. The first-order chi connectivity index (χ1) is 9.63. The Balaban J connectivity index is 2.13. The molecule has 1 aromatic carbocycles. The normalized spacial score (nSPS) is 9.85. The van der Waals surface area contributed by atoms with Crippen LogP contribution in [-0.2, 0) is 7.05 Å². The molecule has 0 fully saturated rings. The van der Waals surface area contributed by atoms with Crippen molar-refractivity contribution >= 4 is 11.7 Å². The monoisotopic (exact) mass is 270 g/mol. The van der Waals surface area contributed by atoms with Gasteiger partial charge in [-0.2, -0.15) is 10.4 Å². The van der Waals surface area contributed by atoms with Gasteiger partial charge in [-0.1, -0.05) is 0 Å². The van der Waals surface area contributed by atoms with Gasteiger partial charge in [-0.25, -0.2) is 0 Å². The number of amides is 1. The first kappa shape index (κ1) is 13.6. The number of nitrogens with zero attached hydrogens (tertiary/aromatic N) is 3. The molecular weight excluding hydrogens is 256 g/mol. The van der Waals surface area contributed by atoms with Gasteiger partial charge >= 0.3 is 0 Å². The maximum absolute atomic E-state index is 12.1. The number of nitriles is 1. The Labute approximate surface area is 116 Å². The van der Waals surface area contributed by atoms with Crippen LogP contribution < -0.4 is 10.1 Å². The minimum absolute atomic E-state index is 0.258. The lowest BCUT2D eigenvalue weighted by atomic mass is 10.2. The van der Waals surface area contributed by atoms with Gasteiger partial charge in [-0.15, -0.1) is 0 Å². The van der Waals surface area contributed by atoms with Gasteiger partial charge in [0.1, 0.15) is 17.4 Å². The first-order valence-corrected chi connectivity index (χ1v) is 6.12. The zero-order chi connectivity index (χ0) is 14.5. The lowest BCUT2D eigenvalue weighted by Gasteiger charge is -2.05. The number of ether oxygens (including phenoxy) is 1. The summed E-state index contributed by atoms with van der Waals surface area (Å²) in [4.78, 5) is 12.1. The molecule has 102 valence electrons. The van der Waals surface area contributed by atoms with Crippen molar-refractivity contribution in [2.75, 3.05) is 11.9 Å². The van der Waals surface area contributed by atoms with E-state index in [2.05, 4.69) is 10.4 Å². The van der Waals surface area contributed by atoms with E-state index in [9.17, 15) is 4.79 Å². The van der Waals surface area contributed by atoms with E-state index in [1.807, 2.05) is 13.0 Å². The third kappa shape index (κ3) is 2.95. The molecule has 2 rings (SSSR count). The fourth-order valence-electron chi connectivity index (χ4n) is 1.71. The van der Waals surface area contributed by atoms with Crippen LogP contribution in [0.25, 0.3) is 0 Å². The topological polar surface area (TPSA) is 79.9 Å². The summed E-state index contributed by atoms with van der Waals surface area (Å²) >= 11 is 0. The second-order valence-electron chi connectivity index (χ2n) is 4.09. The molecule has 0 aliphatic heterocycles.